The van der Waals surface area contributed by atoms with Gasteiger partial charge in [-0.15, -0.1) is 71.8 Å². The van der Waals surface area contributed by atoms with Crippen molar-refractivity contribution in [3.63, 3.8) is 0 Å². The molecule has 0 aliphatic rings. The summed E-state index contributed by atoms with van der Waals surface area (Å²) < 4.78 is 6.03. The molecule has 0 aliphatic heterocycles. The summed E-state index contributed by atoms with van der Waals surface area (Å²) in [5.41, 5.74) is 5.73. The fourth-order valence-corrected chi connectivity index (χ4v) is 5.07. The summed E-state index contributed by atoms with van der Waals surface area (Å²) in [5.74, 6) is 0. The summed E-state index contributed by atoms with van der Waals surface area (Å²) in [6.07, 6.45) is 3.61. The molecule has 181 valence electrons. The Morgan fingerprint density at radius 2 is 1.36 bits per heavy atom. The van der Waals surface area contributed by atoms with Crippen molar-refractivity contribution in [1.29, 1.82) is 0 Å². The number of nitrogens with zero attached hydrogens (tertiary/aromatic N) is 2. The Morgan fingerprint density at radius 3 is 1.97 bits per heavy atom. The topological polar surface area (TPSA) is 38.9 Å². The van der Waals surface area contributed by atoms with Gasteiger partial charge in [0, 0.05) is 37.1 Å². The molecule has 36 heavy (non-hydrogen) atoms. The van der Waals surface area contributed by atoms with Crippen molar-refractivity contribution in [3.05, 3.63) is 116 Å². The van der Waals surface area contributed by atoms with Gasteiger partial charge in [-0.2, -0.15) is 0 Å². The van der Waals surface area contributed by atoms with Crippen molar-refractivity contribution in [2.75, 3.05) is 0 Å². The van der Waals surface area contributed by atoms with Crippen molar-refractivity contribution in [2.45, 2.75) is 19.6 Å². The molecule has 3 nitrogen and oxygen atoms in total. The number of aromatic nitrogens is 2. The SMILES string of the molecule is C[Si](C)(C)c1ccc2c(c1)oc1cnc(-c3[c-]cccc3)cc12.[Ir].[c-]1ccccc1-c1ccccn1. The van der Waals surface area contributed by atoms with Gasteiger partial charge in [-0.25, -0.2) is 0 Å². The Balaban J connectivity index is 0.000000198. The normalized spacial score (nSPS) is 11.0. The fraction of sp³-hybridized carbons (Fsp3) is 0.0968. The van der Waals surface area contributed by atoms with Crippen LogP contribution in [0.25, 0.3) is 44.5 Å². The van der Waals surface area contributed by atoms with Crippen molar-refractivity contribution in [1.82, 2.24) is 9.97 Å². The van der Waals surface area contributed by atoms with E-state index in [0.717, 1.165) is 44.5 Å². The summed E-state index contributed by atoms with van der Waals surface area (Å²) in [6.45, 7) is 7.05. The molecule has 0 unspecified atom stereocenters. The second-order valence-corrected chi connectivity index (χ2v) is 14.5. The zero-order chi connectivity index (χ0) is 24.3. The first-order valence-corrected chi connectivity index (χ1v) is 15.2. The van der Waals surface area contributed by atoms with Gasteiger partial charge in [-0.1, -0.05) is 55.2 Å². The van der Waals surface area contributed by atoms with Crippen LogP contribution in [0.4, 0.5) is 0 Å². The maximum atomic E-state index is 6.03. The Labute approximate surface area is 226 Å². The molecule has 1 radical (unpaired) electrons. The summed E-state index contributed by atoms with van der Waals surface area (Å²) in [4.78, 5) is 8.74. The summed E-state index contributed by atoms with van der Waals surface area (Å²) in [6, 6.07) is 36.7. The molecule has 0 fully saturated rings. The van der Waals surface area contributed by atoms with E-state index < -0.39 is 8.07 Å². The van der Waals surface area contributed by atoms with Crippen molar-refractivity contribution < 1.29 is 24.5 Å². The van der Waals surface area contributed by atoms with Crippen LogP contribution in [0, 0.1) is 12.1 Å². The van der Waals surface area contributed by atoms with E-state index in [9.17, 15) is 0 Å². The Hall–Kier alpha value is -3.37. The van der Waals surface area contributed by atoms with Gasteiger partial charge in [0.05, 0.1) is 14.3 Å². The number of pyridine rings is 2. The maximum Gasteiger partial charge on any atom is 0.151 e. The minimum absolute atomic E-state index is 0. The molecule has 0 aliphatic carbocycles. The second-order valence-electron chi connectivity index (χ2n) is 9.40. The molecular formula is C31H26IrN2OSi-2. The minimum atomic E-state index is -1.34. The van der Waals surface area contributed by atoms with E-state index >= 15 is 0 Å². The van der Waals surface area contributed by atoms with Crippen LogP contribution in [0.15, 0.2) is 108 Å². The van der Waals surface area contributed by atoms with Gasteiger partial charge >= 0.3 is 0 Å². The van der Waals surface area contributed by atoms with Crippen LogP contribution < -0.4 is 5.19 Å². The largest absolute Gasteiger partial charge is 0.455 e. The van der Waals surface area contributed by atoms with E-state index in [1.54, 1.807) is 6.20 Å². The molecule has 0 amide bonds. The molecule has 3 heterocycles. The number of benzene rings is 3. The van der Waals surface area contributed by atoms with E-state index in [-0.39, 0.29) is 20.1 Å². The number of rotatable bonds is 3. The van der Waals surface area contributed by atoms with Crippen LogP contribution in [-0.4, -0.2) is 18.0 Å². The molecule has 5 heteroatoms. The molecule has 0 saturated heterocycles. The average Bonchev–Trinajstić information content (AvgIpc) is 3.27. The predicted molar refractivity (Wildman–Crippen MR) is 147 cm³/mol. The molecule has 3 aromatic heterocycles. The van der Waals surface area contributed by atoms with Gasteiger partial charge in [0.25, 0.3) is 0 Å². The number of furan rings is 1. The number of hydrogen-bond acceptors (Lipinski definition) is 3. The molecular weight excluding hydrogens is 637 g/mol. The Morgan fingerprint density at radius 1 is 0.667 bits per heavy atom. The molecule has 6 aromatic rings. The third-order valence-corrected chi connectivity index (χ3v) is 7.90. The monoisotopic (exact) mass is 663 g/mol. The number of fused-ring (bicyclic) bond motifs is 3. The molecule has 0 N–H and O–H groups in total. The molecule has 0 atom stereocenters. The predicted octanol–water partition coefficient (Wildman–Crippen LogP) is 7.54. The van der Waals surface area contributed by atoms with Gasteiger partial charge in [-0.05, 0) is 23.5 Å². The van der Waals surface area contributed by atoms with Crippen molar-refractivity contribution >= 4 is 35.2 Å². The first-order chi connectivity index (χ1) is 17.0. The zero-order valence-corrected chi connectivity index (χ0v) is 23.8. The van der Waals surface area contributed by atoms with Crippen LogP contribution in [0.1, 0.15) is 0 Å². The van der Waals surface area contributed by atoms with Crippen molar-refractivity contribution in [3.8, 4) is 22.5 Å². The van der Waals surface area contributed by atoms with Crippen LogP contribution >= 0.6 is 0 Å². The van der Waals surface area contributed by atoms with Gasteiger partial charge in [0.1, 0.15) is 5.58 Å². The van der Waals surface area contributed by atoms with E-state index in [0.29, 0.717) is 0 Å². The third kappa shape index (κ3) is 5.71. The molecule has 6 rings (SSSR count). The quantitative estimate of drug-likeness (QED) is 0.145. The minimum Gasteiger partial charge on any atom is -0.455 e. The first kappa shape index (κ1) is 25.7. The second kappa shape index (κ2) is 11.1. The smallest absolute Gasteiger partial charge is 0.151 e. The first-order valence-electron chi connectivity index (χ1n) is 11.7. The van der Waals surface area contributed by atoms with Crippen LogP contribution in [0.3, 0.4) is 0 Å². The van der Waals surface area contributed by atoms with Crippen LogP contribution in [0.2, 0.25) is 19.6 Å². The third-order valence-electron chi connectivity index (χ3n) is 5.86. The zero-order valence-electron chi connectivity index (χ0n) is 20.5. The van der Waals surface area contributed by atoms with Crippen LogP contribution in [0.5, 0.6) is 0 Å². The van der Waals surface area contributed by atoms with E-state index in [1.807, 2.05) is 72.9 Å². The van der Waals surface area contributed by atoms with Gasteiger partial charge < -0.3 is 14.4 Å². The maximum absolute atomic E-state index is 6.03. The summed E-state index contributed by atoms with van der Waals surface area (Å²) in [5, 5.41) is 3.68. The molecule has 0 spiro atoms. The summed E-state index contributed by atoms with van der Waals surface area (Å²) in [7, 11) is -1.34. The van der Waals surface area contributed by atoms with E-state index in [1.165, 1.54) is 5.19 Å². The van der Waals surface area contributed by atoms with Crippen LogP contribution in [-0.2, 0) is 20.1 Å². The van der Waals surface area contributed by atoms with Gasteiger partial charge in [0.2, 0.25) is 0 Å². The average molecular weight is 663 g/mol. The van der Waals surface area contributed by atoms with Crippen molar-refractivity contribution in [2.24, 2.45) is 0 Å². The van der Waals surface area contributed by atoms with E-state index in [4.69, 9.17) is 4.42 Å². The van der Waals surface area contributed by atoms with Gasteiger partial charge in [0.15, 0.2) is 5.58 Å². The van der Waals surface area contributed by atoms with E-state index in [2.05, 4.69) is 66.0 Å². The standard InChI is InChI=1S/C20H18NOSi.C11H8N.Ir/c1-23(2,3)15-9-10-16-17-12-18(14-7-5-4-6-8-14)21-13-20(17)22-19(16)11-15;1-2-6-10(7-3-1)11-8-4-5-9-12-11;/h4-7,9-13H,1-3H3;1-6,8-9H;/q2*-1;. The Bertz CT molecular complexity index is 1520. The molecule has 0 bridgehead atoms. The fourth-order valence-electron chi connectivity index (χ4n) is 3.92. The number of hydrogen-bond donors (Lipinski definition) is 0. The summed E-state index contributed by atoms with van der Waals surface area (Å²) >= 11 is 0. The van der Waals surface area contributed by atoms with Gasteiger partial charge in [-0.3, -0.25) is 0 Å². The Kier molecular flexibility index (Phi) is 7.95. The molecule has 3 aromatic carbocycles. The molecule has 0 saturated carbocycles.